The second kappa shape index (κ2) is 4.45. The van der Waals surface area contributed by atoms with Crippen LogP contribution >= 0.6 is 0 Å². The molecule has 0 saturated heterocycles. The van der Waals surface area contributed by atoms with Gasteiger partial charge < -0.3 is 4.98 Å². The Morgan fingerprint density at radius 3 is 2.43 bits per heavy atom. The average Bonchev–Trinajstić information content (AvgIpc) is 2.88. The van der Waals surface area contributed by atoms with Gasteiger partial charge >= 0.3 is 0 Å². The molecule has 0 spiro atoms. The molecule has 102 valence electrons. The maximum Gasteiger partial charge on any atom is 0.0657 e. The summed E-state index contributed by atoms with van der Waals surface area (Å²) in [5, 5.41) is 2.56. The molecular weight excluding hydrogens is 256 g/mol. The van der Waals surface area contributed by atoms with Gasteiger partial charge in [-0.1, -0.05) is 42.0 Å². The van der Waals surface area contributed by atoms with Crippen molar-refractivity contribution in [2.75, 3.05) is 0 Å². The Bertz CT molecular complexity index is 947. The van der Waals surface area contributed by atoms with E-state index in [1.165, 1.54) is 38.5 Å². The molecule has 0 saturated carbocycles. The number of pyridine rings is 1. The van der Waals surface area contributed by atoms with Gasteiger partial charge in [-0.3, -0.25) is 4.98 Å². The molecule has 2 heteroatoms. The van der Waals surface area contributed by atoms with Crippen LogP contribution in [0.25, 0.3) is 32.9 Å². The Balaban J connectivity index is 2.14. The van der Waals surface area contributed by atoms with Crippen molar-refractivity contribution in [2.45, 2.75) is 13.8 Å². The number of H-pyrrole nitrogens is 1. The molecule has 4 rings (SSSR count). The summed E-state index contributed by atoms with van der Waals surface area (Å²) in [6.45, 7) is 4.27. The van der Waals surface area contributed by atoms with Crippen LogP contribution in [0.15, 0.2) is 54.9 Å². The third kappa shape index (κ3) is 1.83. The van der Waals surface area contributed by atoms with Crippen molar-refractivity contribution in [3.8, 4) is 11.1 Å². The number of nitrogens with one attached hydrogen (secondary N) is 1. The molecule has 0 fully saturated rings. The van der Waals surface area contributed by atoms with Crippen molar-refractivity contribution in [3.63, 3.8) is 0 Å². The predicted molar refractivity (Wildman–Crippen MR) is 88.5 cm³/mol. The quantitative estimate of drug-likeness (QED) is 0.519. The van der Waals surface area contributed by atoms with E-state index in [0.29, 0.717) is 0 Å². The number of fused-ring (bicyclic) bond motifs is 3. The summed E-state index contributed by atoms with van der Waals surface area (Å²) in [6.07, 6.45) is 3.87. The first-order chi connectivity index (χ1) is 10.2. The van der Waals surface area contributed by atoms with Gasteiger partial charge in [-0.15, -0.1) is 0 Å². The van der Waals surface area contributed by atoms with Crippen LogP contribution in [0.2, 0.25) is 0 Å². The number of nitrogens with zero attached hydrogens (tertiary/aromatic N) is 1. The van der Waals surface area contributed by atoms with E-state index in [9.17, 15) is 0 Å². The van der Waals surface area contributed by atoms with E-state index in [-0.39, 0.29) is 0 Å². The number of aromatic nitrogens is 2. The van der Waals surface area contributed by atoms with E-state index in [2.05, 4.69) is 66.3 Å². The topological polar surface area (TPSA) is 28.7 Å². The second-order valence-electron chi connectivity index (χ2n) is 5.60. The maximum atomic E-state index is 4.41. The largest absolute Gasteiger partial charge is 0.353 e. The fraction of sp³-hybridized carbons (Fsp3) is 0.105. The van der Waals surface area contributed by atoms with Crippen molar-refractivity contribution in [3.05, 3.63) is 66.0 Å². The molecule has 4 aromatic rings. The zero-order valence-electron chi connectivity index (χ0n) is 12.1. The highest BCUT2D eigenvalue weighted by Crippen LogP contribution is 2.35. The highest BCUT2D eigenvalue weighted by atomic mass is 14.7. The molecule has 0 aliphatic carbocycles. The number of rotatable bonds is 1. The number of hydrogen-bond acceptors (Lipinski definition) is 1. The lowest BCUT2D eigenvalue weighted by molar-refractivity contribution is 1.34. The van der Waals surface area contributed by atoms with Crippen LogP contribution < -0.4 is 0 Å². The average molecular weight is 272 g/mol. The minimum absolute atomic E-state index is 1.09. The summed E-state index contributed by atoms with van der Waals surface area (Å²) in [6, 6.07) is 15.0. The van der Waals surface area contributed by atoms with Gasteiger partial charge in [0.15, 0.2) is 0 Å². The van der Waals surface area contributed by atoms with Gasteiger partial charge in [0.05, 0.1) is 11.7 Å². The van der Waals surface area contributed by atoms with Gasteiger partial charge in [0, 0.05) is 28.0 Å². The van der Waals surface area contributed by atoms with Crippen molar-refractivity contribution < 1.29 is 0 Å². The van der Waals surface area contributed by atoms with E-state index in [0.717, 1.165) is 5.52 Å². The summed E-state index contributed by atoms with van der Waals surface area (Å²) < 4.78 is 0. The van der Waals surface area contributed by atoms with Crippen LogP contribution in [0, 0.1) is 13.8 Å². The normalized spacial score (nSPS) is 11.3. The molecule has 1 N–H and O–H groups in total. The lowest BCUT2D eigenvalue weighted by Crippen LogP contribution is -1.83. The van der Waals surface area contributed by atoms with Crippen LogP contribution in [0.1, 0.15) is 11.1 Å². The van der Waals surface area contributed by atoms with Crippen molar-refractivity contribution in [2.24, 2.45) is 0 Å². The Morgan fingerprint density at radius 1 is 0.810 bits per heavy atom. The third-order valence-corrected chi connectivity index (χ3v) is 4.10. The first-order valence-corrected chi connectivity index (χ1v) is 7.16. The van der Waals surface area contributed by atoms with E-state index in [4.69, 9.17) is 0 Å². The molecule has 0 atom stereocenters. The fourth-order valence-electron chi connectivity index (χ4n) is 3.03. The lowest BCUT2D eigenvalue weighted by atomic mass is 9.99. The van der Waals surface area contributed by atoms with E-state index < -0.39 is 0 Å². The van der Waals surface area contributed by atoms with Crippen LogP contribution in [0.4, 0.5) is 0 Å². The van der Waals surface area contributed by atoms with Crippen LogP contribution in [0.5, 0.6) is 0 Å². The number of aryl methyl sites for hydroxylation is 2. The van der Waals surface area contributed by atoms with Gasteiger partial charge in [0.2, 0.25) is 0 Å². The first-order valence-electron chi connectivity index (χ1n) is 7.16. The lowest BCUT2D eigenvalue weighted by Gasteiger charge is -2.05. The Kier molecular flexibility index (Phi) is 2.58. The van der Waals surface area contributed by atoms with Gasteiger partial charge in [0.1, 0.15) is 0 Å². The smallest absolute Gasteiger partial charge is 0.0657 e. The summed E-state index contributed by atoms with van der Waals surface area (Å²) in [5.74, 6) is 0. The molecule has 0 bridgehead atoms. The minimum Gasteiger partial charge on any atom is -0.353 e. The predicted octanol–water partition coefficient (Wildman–Crippen LogP) is 5.00. The summed E-state index contributed by atoms with van der Waals surface area (Å²) in [5.41, 5.74) is 7.23. The fourth-order valence-corrected chi connectivity index (χ4v) is 3.03. The molecule has 2 aromatic heterocycles. The molecule has 0 aliphatic heterocycles. The Labute approximate surface area is 123 Å². The highest BCUT2D eigenvalue weighted by molar-refractivity contribution is 6.15. The van der Waals surface area contributed by atoms with Crippen LogP contribution in [0.3, 0.4) is 0 Å². The number of hydrogen-bond donors (Lipinski definition) is 1. The molecule has 2 heterocycles. The van der Waals surface area contributed by atoms with Gasteiger partial charge in [-0.2, -0.15) is 0 Å². The Hall–Kier alpha value is -2.61. The van der Waals surface area contributed by atoms with E-state index in [1.807, 2.05) is 12.4 Å². The first kappa shape index (κ1) is 12.2. The Morgan fingerprint density at radius 2 is 1.62 bits per heavy atom. The number of aromatic amines is 1. The SMILES string of the molecule is Cc1ccc(-c2cncc3[nH]c4cccc(C)c4c23)cc1. The van der Waals surface area contributed by atoms with Crippen molar-refractivity contribution in [1.82, 2.24) is 9.97 Å². The molecule has 0 aliphatic rings. The van der Waals surface area contributed by atoms with Crippen molar-refractivity contribution >= 4 is 21.8 Å². The monoisotopic (exact) mass is 272 g/mol. The molecule has 0 unspecified atom stereocenters. The van der Waals surface area contributed by atoms with Gasteiger partial charge in [0.25, 0.3) is 0 Å². The molecule has 0 amide bonds. The molecular formula is C19H16N2. The minimum atomic E-state index is 1.09. The summed E-state index contributed by atoms with van der Waals surface area (Å²) >= 11 is 0. The molecule has 21 heavy (non-hydrogen) atoms. The van der Waals surface area contributed by atoms with E-state index in [1.54, 1.807) is 0 Å². The zero-order valence-corrected chi connectivity index (χ0v) is 12.1. The van der Waals surface area contributed by atoms with Gasteiger partial charge in [-0.05, 0) is 31.0 Å². The maximum absolute atomic E-state index is 4.41. The summed E-state index contributed by atoms with van der Waals surface area (Å²) in [4.78, 5) is 7.88. The zero-order chi connectivity index (χ0) is 14.4. The van der Waals surface area contributed by atoms with E-state index >= 15 is 0 Å². The highest BCUT2D eigenvalue weighted by Gasteiger charge is 2.12. The number of benzene rings is 2. The van der Waals surface area contributed by atoms with Crippen molar-refractivity contribution in [1.29, 1.82) is 0 Å². The van der Waals surface area contributed by atoms with Gasteiger partial charge in [-0.25, -0.2) is 0 Å². The molecule has 2 aromatic carbocycles. The third-order valence-electron chi connectivity index (χ3n) is 4.10. The molecule has 2 nitrogen and oxygen atoms in total. The van der Waals surface area contributed by atoms with Crippen LogP contribution in [-0.4, -0.2) is 9.97 Å². The van der Waals surface area contributed by atoms with Crippen LogP contribution in [-0.2, 0) is 0 Å². The summed E-state index contributed by atoms with van der Waals surface area (Å²) in [7, 11) is 0. The molecule has 0 radical (unpaired) electrons. The standard InChI is InChI=1S/C19H16N2/c1-12-6-8-14(9-7-12)15-10-20-11-17-19(15)18-13(2)4-3-5-16(18)21-17/h3-11,21H,1-2H3. The second-order valence-corrected chi connectivity index (χ2v) is 5.60.